The Bertz CT molecular complexity index is 416. The van der Waals surface area contributed by atoms with Gasteiger partial charge in [-0.15, -0.1) is 0 Å². The van der Waals surface area contributed by atoms with Crippen LogP contribution in [0, 0.1) is 5.92 Å². The van der Waals surface area contributed by atoms with Crippen LogP contribution in [0.2, 0.25) is 0 Å². The van der Waals surface area contributed by atoms with E-state index in [2.05, 4.69) is 13.0 Å². The second-order valence-corrected chi connectivity index (χ2v) is 6.12. The van der Waals surface area contributed by atoms with Crippen molar-refractivity contribution in [2.45, 2.75) is 64.7 Å². The van der Waals surface area contributed by atoms with E-state index in [1.807, 2.05) is 12.1 Å². The van der Waals surface area contributed by atoms with Crippen molar-refractivity contribution < 1.29 is 5.11 Å². The van der Waals surface area contributed by atoms with Crippen molar-refractivity contribution in [2.75, 3.05) is 0 Å². The zero-order valence-electron chi connectivity index (χ0n) is 12.8. The fraction of sp³-hybridized carbons (Fsp3) is 0.579. The monoisotopic (exact) mass is 272 g/mol. The second kappa shape index (κ2) is 8.14. The Morgan fingerprint density at radius 1 is 1.05 bits per heavy atom. The summed E-state index contributed by atoms with van der Waals surface area (Å²) in [6.07, 6.45) is 14.6. The largest absolute Gasteiger partial charge is 0.508 e. The van der Waals surface area contributed by atoms with Gasteiger partial charge in [0.25, 0.3) is 0 Å². The third-order valence-electron chi connectivity index (χ3n) is 4.47. The molecule has 1 atom stereocenters. The highest BCUT2D eigenvalue weighted by Crippen LogP contribution is 2.33. The molecule has 0 amide bonds. The first-order valence-electron chi connectivity index (χ1n) is 8.28. The molecule has 0 aromatic heterocycles. The van der Waals surface area contributed by atoms with E-state index in [1.54, 1.807) is 12.1 Å². The highest BCUT2D eigenvalue weighted by Gasteiger charge is 2.15. The molecule has 0 spiro atoms. The average molecular weight is 272 g/mol. The van der Waals surface area contributed by atoms with Gasteiger partial charge in [0.2, 0.25) is 0 Å². The number of phenols is 1. The fourth-order valence-electron chi connectivity index (χ4n) is 3.12. The Hall–Kier alpha value is -1.24. The van der Waals surface area contributed by atoms with E-state index in [1.165, 1.54) is 68.9 Å². The molecule has 0 radical (unpaired) electrons. The highest BCUT2D eigenvalue weighted by molar-refractivity contribution is 5.66. The highest BCUT2D eigenvalue weighted by atomic mass is 16.3. The first-order valence-corrected chi connectivity index (χ1v) is 8.28. The number of hydrogen-bond acceptors (Lipinski definition) is 1. The lowest BCUT2D eigenvalue weighted by Gasteiger charge is -2.22. The SMILES string of the molecule is CCCCCCCC1CC=C(c2ccc(O)cc2)CC1. The van der Waals surface area contributed by atoms with Crippen molar-refractivity contribution in [3.8, 4) is 5.75 Å². The van der Waals surface area contributed by atoms with E-state index < -0.39 is 0 Å². The molecule has 1 aliphatic carbocycles. The van der Waals surface area contributed by atoms with Gasteiger partial charge in [0.1, 0.15) is 5.75 Å². The van der Waals surface area contributed by atoms with Crippen LogP contribution in [-0.4, -0.2) is 5.11 Å². The molecule has 0 heterocycles. The van der Waals surface area contributed by atoms with Crippen LogP contribution in [-0.2, 0) is 0 Å². The maximum absolute atomic E-state index is 9.34. The zero-order valence-corrected chi connectivity index (χ0v) is 12.8. The summed E-state index contributed by atoms with van der Waals surface area (Å²) in [5.74, 6) is 1.26. The van der Waals surface area contributed by atoms with Crippen LogP contribution in [0.4, 0.5) is 0 Å². The van der Waals surface area contributed by atoms with Gasteiger partial charge in [0, 0.05) is 0 Å². The minimum absolute atomic E-state index is 0.357. The van der Waals surface area contributed by atoms with Gasteiger partial charge in [-0.1, -0.05) is 63.7 Å². The Morgan fingerprint density at radius 2 is 1.80 bits per heavy atom. The summed E-state index contributed by atoms with van der Waals surface area (Å²) >= 11 is 0. The smallest absolute Gasteiger partial charge is 0.115 e. The predicted molar refractivity (Wildman–Crippen MR) is 86.8 cm³/mol. The summed E-state index contributed by atoms with van der Waals surface area (Å²) < 4.78 is 0. The number of rotatable bonds is 7. The molecule has 0 bridgehead atoms. The Kier molecular flexibility index (Phi) is 6.17. The molecule has 1 N–H and O–H groups in total. The summed E-state index contributed by atoms with van der Waals surface area (Å²) in [5.41, 5.74) is 2.75. The lowest BCUT2D eigenvalue weighted by Crippen LogP contribution is -2.05. The molecule has 0 saturated carbocycles. The molecule has 110 valence electrons. The first kappa shape index (κ1) is 15.2. The van der Waals surface area contributed by atoms with E-state index in [0.29, 0.717) is 5.75 Å². The Morgan fingerprint density at radius 3 is 2.45 bits per heavy atom. The van der Waals surface area contributed by atoms with Crippen molar-refractivity contribution in [3.05, 3.63) is 35.9 Å². The van der Waals surface area contributed by atoms with E-state index in [0.717, 1.165) is 5.92 Å². The summed E-state index contributed by atoms with van der Waals surface area (Å²) in [4.78, 5) is 0. The predicted octanol–water partition coefficient (Wildman–Crippen LogP) is 5.94. The van der Waals surface area contributed by atoms with Crippen molar-refractivity contribution in [3.63, 3.8) is 0 Å². The maximum Gasteiger partial charge on any atom is 0.115 e. The molecular weight excluding hydrogens is 244 g/mol. The van der Waals surface area contributed by atoms with Crippen molar-refractivity contribution in [2.24, 2.45) is 5.92 Å². The van der Waals surface area contributed by atoms with Crippen LogP contribution < -0.4 is 0 Å². The standard InChI is InChI=1S/C19H28O/c1-2-3-4-5-6-7-16-8-10-17(11-9-16)18-12-14-19(20)15-13-18/h10,12-16,20H,2-9,11H2,1H3. The number of aromatic hydroxyl groups is 1. The molecule has 0 aliphatic heterocycles. The quantitative estimate of drug-likeness (QED) is 0.609. The molecular formula is C19H28O. The Balaban J connectivity index is 1.74. The average Bonchev–Trinajstić information content (AvgIpc) is 2.49. The molecule has 20 heavy (non-hydrogen) atoms. The van der Waals surface area contributed by atoms with Crippen LogP contribution in [0.5, 0.6) is 5.75 Å². The van der Waals surface area contributed by atoms with Crippen LogP contribution >= 0.6 is 0 Å². The maximum atomic E-state index is 9.34. The second-order valence-electron chi connectivity index (χ2n) is 6.12. The zero-order chi connectivity index (χ0) is 14.2. The molecule has 0 saturated heterocycles. The van der Waals surface area contributed by atoms with Crippen LogP contribution in [0.15, 0.2) is 30.3 Å². The van der Waals surface area contributed by atoms with Crippen molar-refractivity contribution in [1.29, 1.82) is 0 Å². The van der Waals surface area contributed by atoms with E-state index in [9.17, 15) is 5.11 Å². The third-order valence-corrected chi connectivity index (χ3v) is 4.47. The van der Waals surface area contributed by atoms with Gasteiger partial charge in [-0.25, -0.2) is 0 Å². The van der Waals surface area contributed by atoms with Gasteiger partial charge in [0.05, 0.1) is 0 Å². The summed E-state index contributed by atoms with van der Waals surface area (Å²) in [6.45, 7) is 2.27. The minimum atomic E-state index is 0.357. The summed E-state index contributed by atoms with van der Waals surface area (Å²) in [5, 5.41) is 9.34. The van der Waals surface area contributed by atoms with Crippen LogP contribution in [0.3, 0.4) is 0 Å². The molecule has 1 nitrogen and oxygen atoms in total. The molecule has 1 aromatic carbocycles. The molecule has 1 heteroatoms. The minimum Gasteiger partial charge on any atom is -0.508 e. The van der Waals surface area contributed by atoms with Gasteiger partial charge in [-0.2, -0.15) is 0 Å². The lowest BCUT2D eigenvalue weighted by atomic mass is 9.84. The summed E-state index contributed by atoms with van der Waals surface area (Å²) in [6, 6.07) is 7.64. The molecule has 2 rings (SSSR count). The van der Waals surface area contributed by atoms with Crippen molar-refractivity contribution >= 4 is 5.57 Å². The lowest BCUT2D eigenvalue weighted by molar-refractivity contribution is 0.423. The summed E-state index contributed by atoms with van der Waals surface area (Å²) in [7, 11) is 0. The van der Waals surface area contributed by atoms with Crippen molar-refractivity contribution in [1.82, 2.24) is 0 Å². The number of allylic oxidation sites excluding steroid dienone is 2. The van der Waals surface area contributed by atoms with Crippen LogP contribution in [0.1, 0.15) is 70.3 Å². The molecule has 1 unspecified atom stereocenters. The fourth-order valence-corrected chi connectivity index (χ4v) is 3.12. The third kappa shape index (κ3) is 4.70. The first-order chi connectivity index (χ1) is 9.79. The van der Waals surface area contributed by atoms with E-state index >= 15 is 0 Å². The van der Waals surface area contributed by atoms with E-state index in [4.69, 9.17) is 0 Å². The Labute approximate surface area is 123 Å². The van der Waals surface area contributed by atoms with Gasteiger partial charge >= 0.3 is 0 Å². The van der Waals surface area contributed by atoms with Gasteiger partial charge < -0.3 is 5.11 Å². The molecule has 1 aromatic rings. The van der Waals surface area contributed by atoms with Gasteiger partial charge in [0.15, 0.2) is 0 Å². The van der Waals surface area contributed by atoms with Crippen LogP contribution in [0.25, 0.3) is 5.57 Å². The van der Waals surface area contributed by atoms with Gasteiger partial charge in [-0.3, -0.25) is 0 Å². The number of phenolic OH excluding ortho intramolecular Hbond substituents is 1. The number of benzene rings is 1. The number of hydrogen-bond donors (Lipinski definition) is 1. The van der Waals surface area contributed by atoms with Gasteiger partial charge in [-0.05, 0) is 48.4 Å². The topological polar surface area (TPSA) is 20.2 Å². The molecule has 1 aliphatic rings. The van der Waals surface area contributed by atoms with E-state index in [-0.39, 0.29) is 0 Å². The number of unbranched alkanes of at least 4 members (excludes halogenated alkanes) is 4. The normalized spacial score (nSPS) is 18.9. The molecule has 0 fully saturated rings.